The van der Waals surface area contributed by atoms with E-state index in [0.29, 0.717) is 5.69 Å². The molecule has 0 atom stereocenters. The Bertz CT molecular complexity index is 328. The van der Waals surface area contributed by atoms with Crippen LogP contribution >= 0.6 is 15.9 Å². The molecule has 0 spiro atoms. The van der Waals surface area contributed by atoms with E-state index >= 15 is 0 Å². The summed E-state index contributed by atoms with van der Waals surface area (Å²) in [6.45, 7) is 3.07. The summed E-state index contributed by atoms with van der Waals surface area (Å²) in [6, 6.07) is 4.98. The first-order valence-corrected chi connectivity index (χ1v) is 7.22. The highest BCUT2D eigenvalue weighted by molar-refractivity contribution is 9.10. The molecule has 0 radical (unpaired) electrons. The second-order valence-electron chi connectivity index (χ2n) is 4.32. The van der Waals surface area contributed by atoms with Crippen LogP contribution in [0.1, 0.15) is 45.4 Å². The quantitative estimate of drug-likeness (QED) is 0.637. The predicted octanol–water partition coefficient (Wildman–Crippen LogP) is 5.36. The third kappa shape index (κ3) is 6.06. The fraction of sp³-hybridized carbons (Fsp3) is 0.571. The van der Waals surface area contributed by atoms with Gasteiger partial charge < -0.3 is 5.32 Å². The third-order valence-electron chi connectivity index (χ3n) is 2.77. The van der Waals surface area contributed by atoms with E-state index in [4.69, 9.17) is 0 Å². The lowest BCUT2D eigenvalue weighted by Gasteiger charge is -2.07. The zero-order chi connectivity index (χ0) is 12.5. The van der Waals surface area contributed by atoms with Crippen molar-refractivity contribution >= 4 is 21.6 Å². The van der Waals surface area contributed by atoms with Gasteiger partial charge in [0.05, 0.1) is 5.69 Å². The van der Waals surface area contributed by atoms with Crippen LogP contribution in [0.5, 0.6) is 0 Å². The Morgan fingerprint density at radius 3 is 2.59 bits per heavy atom. The highest BCUT2D eigenvalue weighted by atomic mass is 79.9. The zero-order valence-electron chi connectivity index (χ0n) is 10.4. The lowest BCUT2D eigenvalue weighted by atomic mass is 10.1. The number of nitrogens with one attached hydrogen (secondary N) is 1. The number of hydrogen-bond acceptors (Lipinski definition) is 1. The van der Waals surface area contributed by atoms with Gasteiger partial charge in [0.15, 0.2) is 0 Å². The van der Waals surface area contributed by atoms with Gasteiger partial charge in [0.25, 0.3) is 0 Å². The molecule has 3 heteroatoms. The van der Waals surface area contributed by atoms with Gasteiger partial charge >= 0.3 is 0 Å². The molecule has 0 saturated heterocycles. The third-order valence-corrected chi connectivity index (χ3v) is 3.27. The number of rotatable bonds is 8. The first kappa shape index (κ1) is 14.5. The molecule has 0 heterocycles. The van der Waals surface area contributed by atoms with Crippen molar-refractivity contribution < 1.29 is 4.39 Å². The lowest BCUT2D eigenvalue weighted by Crippen LogP contribution is -2.03. The van der Waals surface area contributed by atoms with Gasteiger partial charge in [0, 0.05) is 11.0 Å². The predicted molar refractivity (Wildman–Crippen MR) is 76.0 cm³/mol. The number of anilines is 1. The molecular weight excluding hydrogens is 281 g/mol. The van der Waals surface area contributed by atoms with Crippen LogP contribution < -0.4 is 5.32 Å². The second kappa shape index (κ2) is 8.51. The average Bonchev–Trinajstić information content (AvgIpc) is 2.32. The Labute approximate surface area is 112 Å². The van der Waals surface area contributed by atoms with Crippen molar-refractivity contribution in [2.75, 3.05) is 11.9 Å². The molecule has 1 rings (SSSR count). The van der Waals surface area contributed by atoms with Crippen LogP contribution in [0.2, 0.25) is 0 Å². The minimum atomic E-state index is -0.181. The minimum Gasteiger partial charge on any atom is -0.383 e. The van der Waals surface area contributed by atoms with E-state index < -0.39 is 0 Å². The van der Waals surface area contributed by atoms with E-state index in [1.807, 2.05) is 0 Å². The van der Waals surface area contributed by atoms with Crippen molar-refractivity contribution in [3.8, 4) is 0 Å². The van der Waals surface area contributed by atoms with Crippen molar-refractivity contribution in [3.63, 3.8) is 0 Å². The molecule has 0 bridgehead atoms. The van der Waals surface area contributed by atoms with Crippen molar-refractivity contribution in [1.29, 1.82) is 0 Å². The maximum atomic E-state index is 13.4. The molecule has 96 valence electrons. The van der Waals surface area contributed by atoms with E-state index in [9.17, 15) is 4.39 Å². The highest BCUT2D eigenvalue weighted by Gasteiger charge is 2.01. The Morgan fingerprint density at radius 2 is 1.82 bits per heavy atom. The zero-order valence-corrected chi connectivity index (χ0v) is 12.0. The number of halogens is 2. The molecule has 1 aromatic carbocycles. The Kier molecular flexibility index (Phi) is 7.25. The van der Waals surface area contributed by atoms with Crippen LogP contribution in [0.4, 0.5) is 10.1 Å². The van der Waals surface area contributed by atoms with Gasteiger partial charge in [0.2, 0.25) is 0 Å². The molecule has 1 aromatic rings. The van der Waals surface area contributed by atoms with Crippen LogP contribution in [0, 0.1) is 5.82 Å². The normalized spacial score (nSPS) is 10.5. The Hall–Kier alpha value is -0.570. The molecule has 0 amide bonds. The molecule has 0 aromatic heterocycles. The topological polar surface area (TPSA) is 12.0 Å². The molecule has 0 saturated carbocycles. The number of hydrogen-bond donors (Lipinski definition) is 1. The minimum absolute atomic E-state index is 0.181. The SMILES string of the molecule is CCCCCCCCNc1cc(Br)ccc1F. The molecular formula is C14H21BrFN. The van der Waals surface area contributed by atoms with Gasteiger partial charge in [-0.25, -0.2) is 4.39 Å². The molecule has 1 N–H and O–H groups in total. The summed E-state index contributed by atoms with van der Waals surface area (Å²) in [7, 11) is 0. The second-order valence-corrected chi connectivity index (χ2v) is 5.23. The number of unbranched alkanes of at least 4 members (excludes halogenated alkanes) is 5. The fourth-order valence-electron chi connectivity index (χ4n) is 1.76. The van der Waals surface area contributed by atoms with E-state index in [-0.39, 0.29) is 5.82 Å². The summed E-state index contributed by atoms with van der Waals surface area (Å²) >= 11 is 3.34. The molecule has 0 aliphatic heterocycles. The Balaban J connectivity index is 2.15. The van der Waals surface area contributed by atoms with Gasteiger partial charge in [-0.05, 0) is 24.6 Å². The summed E-state index contributed by atoms with van der Waals surface area (Å²) in [6.07, 6.45) is 7.55. The molecule has 0 unspecified atom stereocenters. The lowest BCUT2D eigenvalue weighted by molar-refractivity contribution is 0.611. The fourth-order valence-corrected chi connectivity index (χ4v) is 2.12. The van der Waals surface area contributed by atoms with Crippen LogP contribution in [0.15, 0.2) is 22.7 Å². The molecule has 0 aliphatic carbocycles. The Morgan fingerprint density at radius 1 is 1.12 bits per heavy atom. The van der Waals surface area contributed by atoms with Crippen molar-refractivity contribution in [3.05, 3.63) is 28.5 Å². The van der Waals surface area contributed by atoms with Gasteiger partial charge in [-0.2, -0.15) is 0 Å². The van der Waals surface area contributed by atoms with E-state index in [0.717, 1.165) is 17.4 Å². The molecule has 1 nitrogen and oxygen atoms in total. The van der Waals surface area contributed by atoms with Gasteiger partial charge in [-0.15, -0.1) is 0 Å². The standard InChI is InChI=1S/C14H21BrFN/c1-2-3-4-5-6-7-10-17-14-11-12(15)8-9-13(14)16/h8-9,11,17H,2-7,10H2,1H3. The first-order chi connectivity index (χ1) is 8.24. The first-order valence-electron chi connectivity index (χ1n) is 6.43. The summed E-state index contributed by atoms with van der Waals surface area (Å²) in [5.41, 5.74) is 0.591. The monoisotopic (exact) mass is 301 g/mol. The van der Waals surface area contributed by atoms with Gasteiger partial charge in [0.1, 0.15) is 5.82 Å². The summed E-state index contributed by atoms with van der Waals surface area (Å²) in [4.78, 5) is 0. The summed E-state index contributed by atoms with van der Waals surface area (Å²) in [5, 5.41) is 3.14. The van der Waals surface area contributed by atoms with Crippen molar-refractivity contribution in [2.24, 2.45) is 0 Å². The van der Waals surface area contributed by atoms with Crippen LogP contribution in [-0.4, -0.2) is 6.54 Å². The van der Waals surface area contributed by atoms with Crippen LogP contribution in [0.25, 0.3) is 0 Å². The maximum Gasteiger partial charge on any atom is 0.146 e. The van der Waals surface area contributed by atoms with Crippen molar-refractivity contribution in [1.82, 2.24) is 0 Å². The van der Waals surface area contributed by atoms with E-state index in [2.05, 4.69) is 28.2 Å². The summed E-state index contributed by atoms with van der Waals surface area (Å²) < 4.78 is 14.3. The van der Waals surface area contributed by atoms with E-state index in [1.165, 1.54) is 38.2 Å². The molecule has 17 heavy (non-hydrogen) atoms. The summed E-state index contributed by atoms with van der Waals surface area (Å²) in [5.74, 6) is -0.181. The largest absolute Gasteiger partial charge is 0.383 e. The van der Waals surface area contributed by atoms with Crippen LogP contribution in [0.3, 0.4) is 0 Å². The van der Waals surface area contributed by atoms with Gasteiger partial charge in [-0.3, -0.25) is 0 Å². The average molecular weight is 302 g/mol. The van der Waals surface area contributed by atoms with Gasteiger partial charge in [-0.1, -0.05) is 55.0 Å². The smallest absolute Gasteiger partial charge is 0.146 e. The maximum absolute atomic E-state index is 13.4. The highest BCUT2D eigenvalue weighted by Crippen LogP contribution is 2.20. The van der Waals surface area contributed by atoms with Crippen molar-refractivity contribution in [2.45, 2.75) is 45.4 Å². The van der Waals surface area contributed by atoms with Crippen LogP contribution in [-0.2, 0) is 0 Å². The number of benzene rings is 1. The molecule has 0 fully saturated rings. The van der Waals surface area contributed by atoms with E-state index in [1.54, 1.807) is 12.1 Å². The molecule has 0 aliphatic rings.